The molecular weight excluding hydrogens is 206 g/mol. The highest BCUT2D eigenvalue weighted by atomic mass is 16.6. The quantitative estimate of drug-likeness (QED) is 0.524. The third-order valence-electron chi connectivity index (χ3n) is 3.31. The Morgan fingerprint density at radius 1 is 1.62 bits per heavy atom. The lowest BCUT2D eigenvalue weighted by atomic mass is 9.79. The van der Waals surface area contributed by atoms with Crippen LogP contribution >= 0.6 is 0 Å². The lowest BCUT2D eigenvalue weighted by Crippen LogP contribution is -2.45. The SMILES string of the molecule is C=C(C)C(=O)OC1CCC2COC1(C#N)C2. The van der Waals surface area contributed by atoms with Crippen molar-refractivity contribution in [3.8, 4) is 6.07 Å². The molecule has 4 nitrogen and oxygen atoms in total. The largest absolute Gasteiger partial charge is 0.455 e. The van der Waals surface area contributed by atoms with Crippen molar-refractivity contribution < 1.29 is 14.3 Å². The highest BCUT2D eigenvalue weighted by Crippen LogP contribution is 2.43. The lowest BCUT2D eigenvalue weighted by molar-refractivity contribution is -0.157. The van der Waals surface area contributed by atoms with Crippen LogP contribution in [0.15, 0.2) is 12.2 Å². The van der Waals surface area contributed by atoms with Crippen LogP contribution < -0.4 is 0 Å². The summed E-state index contributed by atoms with van der Waals surface area (Å²) in [5, 5.41) is 9.20. The van der Waals surface area contributed by atoms with E-state index in [2.05, 4.69) is 12.6 Å². The molecule has 0 spiro atoms. The highest BCUT2D eigenvalue weighted by Gasteiger charge is 2.52. The zero-order chi connectivity index (χ0) is 11.8. The van der Waals surface area contributed by atoms with E-state index in [1.165, 1.54) is 0 Å². The first-order valence-corrected chi connectivity index (χ1v) is 5.49. The van der Waals surface area contributed by atoms with Gasteiger partial charge in [-0.25, -0.2) is 4.79 Å². The second-order valence-electron chi connectivity index (χ2n) is 4.63. The van der Waals surface area contributed by atoms with Gasteiger partial charge in [0.25, 0.3) is 0 Å². The van der Waals surface area contributed by atoms with E-state index in [4.69, 9.17) is 9.47 Å². The second-order valence-corrected chi connectivity index (χ2v) is 4.63. The van der Waals surface area contributed by atoms with Crippen molar-refractivity contribution >= 4 is 5.97 Å². The Hall–Kier alpha value is -1.34. The van der Waals surface area contributed by atoms with Crippen molar-refractivity contribution in [1.82, 2.24) is 0 Å². The monoisotopic (exact) mass is 221 g/mol. The maximum atomic E-state index is 11.5. The van der Waals surface area contributed by atoms with Crippen molar-refractivity contribution in [2.75, 3.05) is 6.61 Å². The first kappa shape index (κ1) is 11.2. The maximum absolute atomic E-state index is 11.5. The minimum Gasteiger partial charge on any atom is -0.455 e. The Kier molecular flexibility index (Phi) is 2.73. The number of hydrogen-bond donors (Lipinski definition) is 0. The highest BCUT2D eigenvalue weighted by molar-refractivity contribution is 5.87. The smallest absolute Gasteiger partial charge is 0.333 e. The second kappa shape index (κ2) is 3.91. The standard InChI is InChI=1S/C12H15NO3/c1-8(2)11(14)16-10-4-3-9-5-12(10,7-13)15-6-9/h9-10H,1,3-6H2,2H3. The Labute approximate surface area is 94.8 Å². The minimum atomic E-state index is -0.909. The van der Waals surface area contributed by atoms with E-state index in [1.807, 2.05) is 0 Å². The van der Waals surface area contributed by atoms with Crippen LogP contribution in [0.3, 0.4) is 0 Å². The third-order valence-corrected chi connectivity index (χ3v) is 3.31. The first-order chi connectivity index (χ1) is 7.57. The molecule has 3 unspecified atom stereocenters. The van der Waals surface area contributed by atoms with Crippen LogP contribution in [0.2, 0.25) is 0 Å². The van der Waals surface area contributed by atoms with E-state index in [0.717, 1.165) is 6.42 Å². The summed E-state index contributed by atoms with van der Waals surface area (Å²) in [4.78, 5) is 11.5. The Balaban J connectivity index is 2.12. The van der Waals surface area contributed by atoms with E-state index in [-0.39, 0.29) is 0 Å². The van der Waals surface area contributed by atoms with E-state index in [9.17, 15) is 10.1 Å². The molecule has 3 atom stereocenters. The van der Waals surface area contributed by atoms with E-state index >= 15 is 0 Å². The van der Waals surface area contributed by atoms with Gasteiger partial charge in [0.2, 0.25) is 0 Å². The van der Waals surface area contributed by atoms with Gasteiger partial charge in [-0.2, -0.15) is 5.26 Å². The third kappa shape index (κ3) is 1.72. The predicted molar refractivity (Wildman–Crippen MR) is 56.3 cm³/mol. The summed E-state index contributed by atoms with van der Waals surface area (Å²) in [7, 11) is 0. The Morgan fingerprint density at radius 2 is 2.38 bits per heavy atom. The van der Waals surface area contributed by atoms with Crippen molar-refractivity contribution in [3.63, 3.8) is 0 Å². The normalized spacial score (nSPS) is 36.5. The summed E-state index contributed by atoms with van der Waals surface area (Å²) in [5.41, 5.74) is -0.554. The molecule has 1 heterocycles. The zero-order valence-electron chi connectivity index (χ0n) is 9.36. The molecule has 2 rings (SSSR count). The van der Waals surface area contributed by atoms with Crippen LogP contribution in [0.1, 0.15) is 26.2 Å². The Morgan fingerprint density at radius 3 is 3.00 bits per heavy atom. The van der Waals surface area contributed by atoms with Crippen LogP contribution in [-0.2, 0) is 14.3 Å². The average molecular weight is 221 g/mol. The summed E-state index contributed by atoms with van der Waals surface area (Å²) in [6.45, 7) is 5.74. The summed E-state index contributed by atoms with van der Waals surface area (Å²) >= 11 is 0. The maximum Gasteiger partial charge on any atom is 0.333 e. The molecule has 1 aliphatic carbocycles. The zero-order valence-corrected chi connectivity index (χ0v) is 9.36. The van der Waals surface area contributed by atoms with Gasteiger partial charge in [0.15, 0.2) is 5.60 Å². The first-order valence-electron chi connectivity index (χ1n) is 5.49. The van der Waals surface area contributed by atoms with Crippen LogP contribution in [0, 0.1) is 17.2 Å². The molecule has 0 aromatic carbocycles. The molecule has 0 aromatic heterocycles. The van der Waals surface area contributed by atoms with Crippen molar-refractivity contribution in [1.29, 1.82) is 5.26 Å². The minimum absolute atomic E-state index is 0.355. The van der Waals surface area contributed by atoms with Gasteiger partial charge in [0.05, 0.1) is 6.61 Å². The molecule has 2 aliphatic rings. The summed E-state index contributed by atoms with van der Waals surface area (Å²) < 4.78 is 10.8. The lowest BCUT2D eigenvalue weighted by Gasteiger charge is -2.33. The molecule has 86 valence electrons. The van der Waals surface area contributed by atoms with Crippen LogP contribution in [-0.4, -0.2) is 24.3 Å². The Bertz CT molecular complexity index is 371. The summed E-state index contributed by atoms with van der Waals surface area (Å²) in [6, 6.07) is 2.17. The van der Waals surface area contributed by atoms with Crippen molar-refractivity contribution in [2.24, 2.45) is 5.92 Å². The average Bonchev–Trinajstić information content (AvgIpc) is 2.62. The van der Waals surface area contributed by atoms with Gasteiger partial charge in [-0.3, -0.25) is 0 Å². The van der Waals surface area contributed by atoms with Gasteiger partial charge >= 0.3 is 5.97 Å². The van der Waals surface area contributed by atoms with E-state index in [1.54, 1.807) is 6.92 Å². The molecule has 0 amide bonds. The molecule has 1 aliphatic heterocycles. The number of esters is 1. The number of fused-ring (bicyclic) bond motifs is 2. The fraction of sp³-hybridized carbons (Fsp3) is 0.667. The van der Waals surface area contributed by atoms with Crippen LogP contribution in [0.25, 0.3) is 0 Å². The molecule has 1 saturated heterocycles. The van der Waals surface area contributed by atoms with Gasteiger partial charge in [-0.1, -0.05) is 6.58 Å². The fourth-order valence-corrected chi connectivity index (χ4v) is 2.38. The molecule has 2 bridgehead atoms. The summed E-state index contributed by atoms with van der Waals surface area (Å²) in [6.07, 6.45) is 1.90. The molecule has 0 N–H and O–H groups in total. The van der Waals surface area contributed by atoms with Crippen LogP contribution in [0.4, 0.5) is 0 Å². The molecule has 4 heteroatoms. The topological polar surface area (TPSA) is 59.3 Å². The van der Waals surface area contributed by atoms with Gasteiger partial charge in [0, 0.05) is 5.57 Å². The van der Waals surface area contributed by atoms with Gasteiger partial charge in [-0.15, -0.1) is 0 Å². The van der Waals surface area contributed by atoms with E-state index < -0.39 is 17.7 Å². The molecular formula is C12H15NO3. The van der Waals surface area contributed by atoms with Crippen LogP contribution in [0.5, 0.6) is 0 Å². The number of nitrogens with zero attached hydrogens (tertiary/aromatic N) is 1. The number of carbonyl (C=O) groups excluding carboxylic acids is 1. The fourth-order valence-electron chi connectivity index (χ4n) is 2.38. The predicted octanol–water partition coefficient (Wildman–Crippen LogP) is 1.57. The molecule has 0 radical (unpaired) electrons. The molecule has 16 heavy (non-hydrogen) atoms. The van der Waals surface area contributed by atoms with E-state index in [0.29, 0.717) is 30.9 Å². The number of rotatable bonds is 2. The number of hydrogen-bond acceptors (Lipinski definition) is 4. The molecule has 1 saturated carbocycles. The van der Waals surface area contributed by atoms with Gasteiger partial charge < -0.3 is 9.47 Å². The summed E-state index contributed by atoms with van der Waals surface area (Å²) in [5.74, 6) is 0.00741. The number of ether oxygens (including phenoxy) is 2. The van der Waals surface area contributed by atoms with Gasteiger partial charge in [0.1, 0.15) is 12.2 Å². The van der Waals surface area contributed by atoms with Crippen molar-refractivity contribution in [2.45, 2.75) is 37.9 Å². The molecule has 0 aromatic rings. The van der Waals surface area contributed by atoms with Gasteiger partial charge in [-0.05, 0) is 32.1 Å². The molecule has 2 fully saturated rings. The number of nitriles is 1. The number of carbonyl (C=O) groups is 1. The van der Waals surface area contributed by atoms with Crippen molar-refractivity contribution in [3.05, 3.63) is 12.2 Å².